The van der Waals surface area contributed by atoms with Gasteiger partial charge in [-0.05, 0) is 60.8 Å². The zero-order valence-electron chi connectivity index (χ0n) is 14.9. The van der Waals surface area contributed by atoms with E-state index in [2.05, 4.69) is 36.2 Å². The first-order valence-electron chi connectivity index (χ1n) is 9.44. The molecule has 3 saturated heterocycles. The van der Waals surface area contributed by atoms with E-state index in [1.807, 2.05) is 12.1 Å². The normalized spacial score (nSPS) is 30.0. The van der Waals surface area contributed by atoms with E-state index in [9.17, 15) is 0 Å². The number of hydrogen-bond acceptors (Lipinski definition) is 2. The predicted octanol–water partition coefficient (Wildman–Crippen LogP) is 4.74. The number of benzene rings is 1. The maximum absolute atomic E-state index is 6.11. The third-order valence-electron chi connectivity index (χ3n) is 6.23. The van der Waals surface area contributed by atoms with Crippen molar-refractivity contribution >= 4 is 17.2 Å². The average Bonchev–Trinajstić information content (AvgIpc) is 2.58. The van der Waals surface area contributed by atoms with Crippen molar-refractivity contribution in [3.8, 4) is 0 Å². The van der Waals surface area contributed by atoms with Gasteiger partial charge < -0.3 is 5.32 Å². The molecule has 1 aliphatic carbocycles. The lowest BCUT2D eigenvalue weighted by atomic mass is 9.72. The van der Waals surface area contributed by atoms with Crippen molar-refractivity contribution in [1.82, 2.24) is 10.2 Å². The van der Waals surface area contributed by atoms with Crippen LogP contribution in [0.15, 0.2) is 29.8 Å². The zero-order valence-corrected chi connectivity index (χ0v) is 15.7. The molecule has 1 aromatic rings. The average molecular weight is 345 g/mol. The monoisotopic (exact) mass is 344 g/mol. The number of allylic oxidation sites excluding steroid dienone is 1. The van der Waals surface area contributed by atoms with Crippen molar-refractivity contribution in [2.24, 2.45) is 5.41 Å². The number of rotatable bonds is 3. The molecule has 3 heteroatoms. The molecule has 1 aromatic carbocycles. The number of nitrogens with zero attached hydrogens (tertiary/aromatic N) is 1. The topological polar surface area (TPSA) is 15.3 Å². The molecule has 0 spiro atoms. The Morgan fingerprint density at radius 3 is 2.62 bits per heavy atom. The number of piperazine rings is 1. The molecule has 0 saturated carbocycles. The summed E-state index contributed by atoms with van der Waals surface area (Å²) in [5, 5.41) is 4.50. The van der Waals surface area contributed by atoms with Crippen LogP contribution in [0.5, 0.6) is 0 Å². The van der Waals surface area contributed by atoms with Crippen LogP contribution in [0.1, 0.15) is 51.5 Å². The van der Waals surface area contributed by atoms with Crippen LogP contribution in [0, 0.1) is 5.41 Å². The fourth-order valence-corrected chi connectivity index (χ4v) is 4.83. The molecule has 0 aromatic heterocycles. The zero-order chi connectivity index (χ0) is 16.7. The Morgan fingerprint density at radius 1 is 1.21 bits per heavy atom. The summed E-state index contributed by atoms with van der Waals surface area (Å²) in [6.07, 6.45) is 6.46. The highest BCUT2D eigenvalue weighted by atomic mass is 35.5. The molecule has 130 valence electrons. The van der Waals surface area contributed by atoms with Gasteiger partial charge in [0.25, 0.3) is 0 Å². The van der Waals surface area contributed by atoms with Crippen molar-refractivity contribution in [1.29, 1.82) is 0 Å². The maximum atomic E-state index is 6.11. The maximum Gasteiger partial charge on any atom is 0.0406 e. The van der Waals surface area contributed by atoms with E-state index in [0.29, 0.717) is 5.41 Å². The standard InChI is InChI=1S/C21H29ClN2/c1-21(2)10-9-16(13-24-14-18-7-8-19(24)12-23-18)20(11-21)15-3-5-17(22)6-4-15/h3-6,18-19,23H,7-14H2,1-2H3. The largest absolute Gasteiger partial charge is 0.311 e. The molecule has 0 amide bonds. The first-order valence-corrected chi connectivity index (χ1v) is 9.82. The van der Waals surface area contributed by atoms with Crippen LogP contribution in [-0.2, 0) is 0 Å². The molecule has 1 N–H and O–H groups in total. The Kier molecular flexibility index (Phi) is 4.49. The van der Waals surface area contributed by atoms with Crippen LogP contribution in [0.4, 0.5) is 0 Å². The van der Waals surface area contributed by atoms with Crippen molar-refractivity contribution in [3.05, 3.63) is 40.4 Å². The van der Waals surface area contributed by atoms with Crippen LogP contribution in [0.2, 0.25) is 5.02 Å². The molecule has 5 rings (SSSR count). The minimum absolute atomic E-state index is 0.404. The van der Waals surface area contributed by atoms with E-state index in [1.165, 1.54) is 50.8 Å². The summed E-state index contributed by atoms with van der Waals surface area (Å²) in [5.41, 5.74) is 5.03. The van der Waals surface area contributed by atoms with Gasteiger partial charge in [0.1, 0.15) is 0 Å². The second kappa shape index (κ2) is 6.48. The van der Waals surface area contributed by atoms with E-state index in [4.69, 9.17) is 11.6 Å². The quantitative estimate of drug-likeness (QED) is 0.852. The Hall–Kier alpha value is -0.830. The van der Waals surface area contributed by atoms with E-state index >= 15 is 0 Å². The van der Waals surface area contributed by atoms with Crippen LogP contribution < -0.4 is 5.32 Å². The van der Waals surface area contributed by atoms with E-state index in [0.717, 1.165) is 23.7 Å². The Morgan fingerprint density at radius 2 is 2.00 bits per heavy atom. The van der Waals surface area contributed by atoms with E-state index < -0.39 is 0 Å². The Bertz CT molecular complexity index is 624. The lowest BCUT2D eigenvalue weighted by Crippen LogP contribution is -2.61. The van der Waals surface area contributed by atoms with Gasteiger partial charge in [0.15, 0.2) is 0 Å². The van der Waals surface area contributed by atoms with E-state index in [-0.39, 0.29) is 0 Å². The number of fused-ring (bicyclic) bond motifs is 3. The molecule has 0 radical (unpaired) electrons. The van der Waals surface area contributed by atoms with Crippen LogP contribution in [0.3, 0.4) is 0 Å². The summed E-state index contributed by atoms with van der Waals surface area (Å²) in [6.45, 7) is 8.39. The third-order valence-corrected chi connectivity index (χ3v) is 6.49. The second-order valence-electron chi connectivity index (χ2n) is 8.70. The Balaban J connectivity index is 1.62. The summed E-state index contributed by atoms with van der Waals surface area (Å²) in [4.78, 5) is 2.74. The smallest absolute Gasteiger partial charge is 0.0406 e. The molecule has 3 fully saturated rings. The van der Waals surface area contributed by atoms with Crippen molar-refractivity contribution in [2.45, 2.75) is 58.0 Å². The molecule has 2 bridgehead atoms. The summed E-state index contributed by atoms with van der Waals surface area (Å²) < 4.78 is 0. The molecular formula is C21H29ClN2. The van der Waals surface area contributed by atoms with Crippen LogP contribution in [0.25, 0.3) is 5.57 Å². The highest BCUT2D eigenvalue weighted by molar-refractivity contribution is 6.30. The number of piperidine rings is 2. The van der Waals surface area contributed by atoms with Gasteiger partial charge in [0.2, 0.25) is 0 Å². The predicted molar refractivity (Wildman–Crippen MR) is 102 cm³/mol. The molecule has 3 heterocycles. The van der Waals surface area contributed by atoms with Crippen molar-refractivity contribution in [2.75, 3.05) is 19.6 Å². The minimum Gasteiger partial charge on any atom is -0.311 e. The third kappa shape index (κ3) is 3.42. The van der Waals surface area contributed by atoms with Gasteiger partial charge in [0.05, 0.1) is 0 Å². The Labute approximate surface area is 151 Å². The summed E-state index contributed by atoms with van der Waals surface area (Å²) in [6, 6.07) is 9.95. The highest BCUT2D eigenvalue weighted by Gasteiger charge is 2.35. The second-order valence-corrected chi connectivity index (χ2v) is 9.13. The van der Waals surface area contributed by atoms with Crippen molar-refractivity contribution < 1.29 is 0 Å². The fourth-order valence-electron chi connectivity index (χ4n) is 4.70. The van der Waals surface area contributed by atoms with Gasteiger partial charge in [-0.3, -0.25) is 4.90 Å². The summed E-state index contributed by atoms with van der Waals surface area (Å²) >= 11 is 6.11. The van der Waals surface area contributed by atoms with Gasteiger partial charge in [-0.2, -0.15) is 0 Å². The molecule has 2 atom stereocenters. The molecule has 24 heavy (non-hydrogen) atoms. The van der Waals surface area contributed by atoms with E-state index in [1.54, 1.807) is 11.1 Å². The summed E-state index contributed by atoms with van der Waals surface area (Å²) in [5.74, 6) is 0. The van der Waals surface area contributed by atoms with Gasteiger partial charge in [0, 0.05) is 36.7 Å². The number of hydrogen-bond donors (Lipinski definition) is 1. The lowest BCUT2D eigenvalue weighted by Gasteiger charge is -2.47. The SMILES string of the molecule is CC1(C)CCC(CN2CC3CCC2CN3)=C(c2ccc(Cl)cc2)C1. The molecular weight excluding hydrogens is 316 g/mol. The lowest BCUT2D eigenvalue weighted by molar-refractivity contribution is 0.0827. The molecule has 4 aliphatic rings. The molecule has 2 nitrogen and oxygen atoms in total. The molecule has 3 aliphatic heterocycles. The number of nitrogens with one attached hydrogen (secondary N) is 1. The first kappa shape index (κ1) is 16.6. The highest BCUT2D eigenvalue weighted by Crippen LogP contribution is 2.43. The van der Waals surface area contributed by atoms with Gasteiger partial charge >= 0.3 is 0 Å². The molecule has 2 unspecified atom stereocenters. The van der Waals surface area contributed by atoms with Gasteiger partial charge in [-0.25, -0.2) is 0 Å². The van der Waals surface area contributed by atoms with Crippen LogP contribution >= 0.6 is 11.6 Å². The fraction of sp³-hybridized carbons (Fsp3) is 0.619. The van der Waals surface area contributed by atoms with Gasteiger partial charge in [-0.15, -0.1) is 0 Å². The van der Waals surface area contributed by atoms with Crippen LogP contribution in [-0.4, -0.2) is 36.6 Å². The minimum atomic E-state index is 0.404. The first-order chi connectivity index (χ1) is 11.5. The number of halogens is 1. The summed E-state index contributed by atoms with van der Waals surface area (Å²) in [7, 11) is 0. The van der Waals surface area contributed by atoms with Crippen molar-refractivity contribution in [3.63, 3.8) is 0 Å². The van der Waals surface area contributed by atoms with Gasteiger partial charge in [-0.1, -0.05) is 43.2 Å².